The predicted molar refractivity (Wildman–Crippen MR) is 61.5 cm³/mol. The summed E-state index contributed by atoms with van der Waals surface area (Å²) in [6.07, 6.45) is 7.81. The lowest BCUT2D eigenvalue weighted by atomic mass is 10.7. The second-order valence-corrected chi connectivity index (χ2v) is 3.09. The first-order valence-electron chi connectivity index (χ1n) is 4.37. The van der Waals surface area contributed by atoms with E-state index < -0.39 is 0 Å². The maximum absolute atomic E-state index is 4.46. The minimum atomic E-state index is 1.57. The minimum Gasteiger partial charge on any atom is -0.461 e. The van der Waals surface area contributed by atoms with Crippen LogP contribution in [0.2, 0.25) is 0 Å². The molecular formula is C12H11NOS. The summed E-state index contributed by atoms with van der Waals surface area (Å²) in [6, 6.07) is 11.2. The van der Waals surface area contributed by atoms with Gasteiger partial charge in [-0.1, -0.05) is 6.07 Å². The summed E-state index contributed by atoms with van der Waals surface area (Å²) in [5.74, 6) is 0. The molecular weight excluding hydrogens is 206 g/mol. The summed E-state index contributed by atoms with van der Waals surface area (Å²) >= 11 is 1.59. The van der Waals surface area contributed by atoms with Crippen LogP contribution in [-0.4, -0.2) is 4.98 Å². The second-order valence-electron chi connectivity index (χ2n) is 2.35. The van der Waals surface area contributed by atoms with E-state index in [1.54, 1.807) is 29.7 Å². The lowest BCUT2D eigenvalue weighted by molar-refractivity contribution is 0.558. The fourth-order valence-electron chi connectivity index (χ4n) is 0.671. The van der Waals surface area contributed by atoms with Crippen LogP contribution in [0.25, 0.3) is 0 Å². The van der Waals surface area contributed by atoms with Crippen molar-refractivity contribution in [1.82, 2.24) is 4.98 Å². The van der Waals surface area contributed by atoms with Crippen molar-refractivity contribution in [2.75, 3.05) is 0 Å². The van der Waals surface area contributed by atoms with Crippen LogP contribution in [0.3, 0.4) is 0 Å². The van der Waals surface area contributed by atoms with Gasteiger partial charge in [-0.25, -0.2) is 0 Å². The highest BCUT2D eigenvalue weighted by atomic mass is 32.1. The monoisotopic (exact) mass is 217 g/mol. The van der Waals surface area contributed by atoms with Crippen molar-refractivity contribution in [3.8, 4) is 0 Å². The van der Waals surface area contributed by atoms with Crippen LogP contribution in [0.4, 0.5) is 0 Å². The van der Waals surface area contributed by atoms with E-state index in [0.717, 1.165) is 0 Å². The van der Waals surface area contributed by atoms with Gasteiger partial charge in [-0.15, -0.1) is 11.3 Å². The summed E-state index contributed by atoms with van der Waals surface area (Å²) in [6.45, 7) is 0. The van der Waals surface area contributed by atoms with Gasteiger partial charge in [-0.3, -0.25) is 0 Å². The first-order valence-corrected chi connectivity index (χ1v) is 5.25. The average molecular weight is 217 g/mol. The van der Waals surface area contributed by atoms with E-state index in [9.17, 15) is 0 Å². The second kappa shape index (κ2) is 8.84. The van der Waals surface area contributed by atoms with Gasteiger partial charge in [0.1, 0.15) is 0 Å². The van der Waals surface area contributed by atoms with E-state index in [2.05, 4.69) is 21.0 Å². The molecule has 3 aromatic heterocycles. The third kappa shape index (κ3) is 7.34. The molecule has 2 radical (unpaired) electrons. The molecule has 15 heavy (non-hydrogen) atoms. The number of aromatic amines is 1. The van der Waals surface area contributed by atoms with Crippen LogP contribution in [0.5, 0.6) is 0 Å². The van der Waals surface area contributed by atoms with Crippen LogP contribution in [0.1, 0.15) is 0 Å². The Morgan fingerprint density at radius 1 is 1.00 bits per heavy atom. The average Bonchev–Trinajstić information content (AvgIpc) is 3.09. The van der Waals surface area contributed by atoms with Crippen LogP contribution in [0.15, 0.2) is 64.9 Å². The highest BCUT2D eigenvalue weighted by Gasteiger charge is 1.61. The van der Waals surface area contributed by atoms with Gasteiger partial charge in [0, 0.05) is 17.8 Å². The first-order chi connectivity index (χ1) is 7.50. The molecule has 0 saturated carbocycles. The Balaban J connectivity index is 0.000000112. The van der Waals surface area contributed by atoms with Crippen molar-refractivity contribution in [3.63, 3.8) is 0 Å². The Hall–Kier alpha value is -1.74. The van der Waals surface area contributed by atoms with E-state index in [1.165, 1.54) is 0 Å². The molecule has 0 unspecified atom stereocenters. The van der Waals surface area contributed by atoms with Crippen molar-refractivity contribution < 1.29 is 4.42 Å². The molecule has 0 aromatic carbocycles. The van der Waals surface area contributed by atoms with E-state index in [0.29, 0.717) is 0 Å². The summed E-state index contributed by atoms with van der Waals surface area (Å²) in [4.78, 5) is 2.86. The molecule has 0 fully saturated rings. The molecule has 3 heteroatoms. The van der Waals surface area contributed by atoms with Crippen LogP contribution < -0.4 is 0 Å². The molecule has 0 atom stereocenters. The number of hydrogen-bond acceptors (Lipinski definition) is 2. The molecule has 0 bridgehead atoms. The smallest absolute Gasteiger partial charge is 0.169 e. The first kappa shape index (κ1) is 11.3. The topological polar surface area (TPSA) is 28.9 Å². The number of thiophene rings is 1. The number of rotatable bonds is 0. The fourth-order valence-corrected chi connectivity index (χ4v) is 1.06. The lowest BCUT2D eigenvalue weighted by Gasteiger charge is -1.49. The summed E-state index contributed by atoms with van der Waals surface area (Å²) in [7, 11) is 0. The number of nitrogens with one attached hydrogen (secondary N) is 1. The number of hydrogen-bond donors (Lipinski definition) is 1. The van der Waals surface area contributed by atoms with Crippen LogP contribution in [-0.2, 0) is 0 Å². The van der Waals surface area contributed by atoms with Crippen molar-refractivity contribution in [1.29, 1.82) is 0 Å². The molecule has 1 N–H and O–H groups in total. The molecule has 76 valence electrons. The SMILES string of the molecule is [c]1ccco1.[c]1cccs1.c1cc[nH]c1. The Labute approximate surface area is 93.2 Å². The summed E-state index contributed by atoms with van der Waals surface area (Å²) in [5.41, 5.74) is 0. The highest BCUT2D eigenvalue weighted by Crippen LogP contribution is 1.90. The summed E-state index contributed by atoms with van der Waals surface area (Å²) in [5, 5.41) is 4.89. The van der Waals surface area contributed by atoms with Crippen molar-refractivity contribution >= 4 is 11.3 Å². The predicted octanol–water partition coefficient (Wildman–Crippen LogP) is 3.64. The minimum absolute atomic E-state index is 1.57. The standard InChI is InChI=1S/C4H5N.C4H3O.C4H3S/c3*1-2-4-5-3-1/h1-5H;2*1-3H. The van der Waals surface area contributed by atoms with Gasteiger partial charge < -0.3 is 9.40 Å². The molecule has 0 aliphatic rings. The Bertz CT molecular complexity index is 248. The van der Waals surface area contributed by atoms with Crippen LogP contribution >= 0.6 is 11.3 Å². The number of furan rings is 1. The van der Waals surface area contributed by atoms with E-state index in [-0.39, 0.29) is 0 Å². The molecule has 0 spiro atoms. The van der Waals surface area contributed by atoms with Gasteiger partial charge >= 0.3 is 0 Å². The van der Waals surface area contributed by atoms with Crippen molar-refractivity contribution in [2.24, 2.45) is 0 Å². The van der Waals surface area contributed by atoms with Crippen molar-refractivity contribution in [3.05, 3.63) is 72.1 Å². The largest absolute Gasteiger partial charge is 0.461 e. The molecule has 0 saturated heterocycles. The zero-order chi connectivity index (χ0) is 10.6. The highest BCUT2D eigenvalue weighted by molar-refractivity contribution is 7.07. The zero-order valence-electron chi connectivity index (χ0n) is 8.09. The maximum Gasteiger partial charge on any atom is 0.169 e. The Kier molecular flexibility index (Phi) is 6.68. The Morgan fingerprint density at radius 2 is 1.87 bits per heavy atom. The lowest BCUT2D eigenvalue weighted by Crippen LogP contribution is -1.38. The maximum atomic E-state index is 4.46. The summed E-state index contributed by atoms with van der Waals surface area (Å²) < 4.78 is 4.46. The fraction of sp³-hybridized carbons (Fsp3) is 0. The third-order valence-corrected chi connectivity index (χ3v) is 1.82. The molecule has 3 heterocycles. The van der Waals surface area contributed by atoms with E-state index in [4.69, 9.17) is 0 Å². The van der Waals surface area contributed by atoms with Gasteiger partial charge in [-0.05, 0) is 35.7 Å². The quantitative estimate of drug-likeness (QED) is 0.612. The van der Waals surface area contributed by atoms with E-state index >= 15 is 0 Å². The number of H-pyrrole nitrogens is 1. The molecule has 0 aliphatic carbocycles. The van der Waals surface area contributed by atoms with Gasteiger partial charge in [0.15, 0.2) is 6.26 Å². The van der Waals surface area contributed by atoms with Gasteiger partial charge in [0.25, 0.3) is 0 Å². The zero-order valence-corrected chi connectivity index (χ0v) is 8.91. The van der Waals surface area contributed by atoms with Crippen molar-refractivity contribution in [2.45, 2.75) is 0 Å². The number of aromatic nitrogens is 1. The normalized spacial score (nSPS) is 8.00. The van der Waals surface area contributed by atoms with Gasteiger partial charge in [0.05, 0.1) is 6.26 Å². The van der Waals surface area contributed by atoms with Crippen LogP contribution in [0, 0.1) is 11.6 Å². The van der Waals surface area contributed by atoms with E-state index in [1.807, 2.05) is 42.0 Å². The molecule has 3 rings (SSSR count). The van der Waals surface area contributed by atoms with Gasteiger partial charge in [0.2, 0.25) is 0 Å². The van der Waals surface area contributed by atoms with Gasteiger partial charge in [-0.2, -0.15) is 0 Å². The molecule has 2 nitrogen and oxygen atoms in total. The third-order valence-electron chi connectivity index (χ3n) is 1.25. The molecule has 0 aliphatic heterocycles. The molecule has 0 amide bonds. The Morgan fingerprint density at radius 3 is 2.07 bits per heavy atom. The molecule has 3 aromatic rings.